The van der Waals surface area contributed by atoms with Gasteiger partial charge in [0.15, 0.2) is 0 Å². The number of allylic oxidation sites excluding steroid dienone is 7. The van der Waals surface area contributed by atoms with E-state index in [1.54, 1.807) is 0 Å². The third-order valence-corrected chi connectivity index (χ3v) is 7.55. The van der Waals surface area contributed by atoms with Crippen LogP contribution in [0.25, 0.3) is 5.57 Å². The number of aryl methyl sites for hydroxylation is 2. The van der Waals surface area contributed by atoms with Crippen LogP contribution < -0.4 is 5.32 Å². The molecule has 198 valence electrons. The molecule has 36 heavy (non-hydrogen) atoms. The largest absolute Gasteiger partial charge is 0.366 e. The van der Waals surface area contributed by atoms with Crippen molar-refractivity contribution in [2.75, 3.05) is 7.05 Å². The van der Waals surface area contributed by atoms with E-state index in [2.05, 4.69) is 135 Å². The van der Waals surface area contributed by atoms with Crippen LogP contribution in [0, 0.1) is 13.8 Å². The van der Waals surface area contributed by atoms with Crippen molar-refractivity contribution in [3.8, 4) is 0 Å². The zero-order valence-corrected chi connectivity index (χ0v) is 25.0. The Hall–Kier alpha value is -2.32. The van der Waals surface area contributed by atoms with Crippen LogP contribution in [0.15, 0.2) is 71.0 Å². The Morgan fingerprint density at radius 3 is 2.36 bits per heavy atom. The van der Waals surface area contributed by atoms with Gasteiger partial charge in [-0.3, -0.25) is 0 Å². The number of rotatable bonds is 10. The molecular formula is C34H52N2. The first-order chi connectivity index (χ1) is 16.9. The fourth-order valence-corrected chi connectivity index (χ4v) is 5.11. The minimum atomic E-state index is -0.0547. The van der Waals surface area contributed by atoms with Gasteiger partial charge in [-0.1, -0.05) is 67.8 Å². The van der Waals surface area contributed by atoms with E-state index in [9.17, 15) is 0 Å². The summed E-state index contributed by atoms with van der Waals surface area (Å²) < 4.78 is 0. The number of benzene rings is 1. The SMILES string of the molecule is CCCCC(C/C(C)=C/C(=C(C)/C1=C/C(C)=C/N(C(C)C)C(C)(C)C=C1)c1ccc(C)c(C)c1)NC. The molecule has 1 N–H and O–H groups in total. The molecule has 0 aromatic heterocycles. The van der Waals surface area contributed by atoms with Crippen molar-refractivity contribution in [3.63, 3.8) is 0 Å². The number of unbranched alkanes of at least 4 members (excludes halogenated alkanes) is 1. The maximum absolute atomic E-state index is 3.54. The Morgan fingerprint density at radius 1 is 1.08 bits per heavy atom. The molecule has 0 amide bonds. The third-order valence-electron chi connectivity index (χ3n) is 7.55. The summed E-state index contributed by atoms with van der Waals surface area (Å²) in [6, 6.07) is 7.87. The van der Waals surface area contributed by atoms with Crippen LogP contribution in [0.3, 0.4) is 0 Å². The second kappa shape index (κ2) is 13.3. The van der Waals surface area contributed by atoms with Gasteiger partial charge in [0, 0.05) is 18.3 Å². The summed E-state index contributed by atoms with van der Waals surface area (Å²) in [6.07, 6.45) is 16.6. The lowest BCUT2D eigenvalue weighted by Gasteiger charge is -2.40. The van der Waals surface area contributed by atoms with Crippen molar-refractivity contribution >= 4 is 5.57 Å². The van der Waals surface area contributed by atoms with Gasteiger partial charge in [0.1, 0.15) is 0 Å². The number of hydrogen-bond acceptors (Lipinski definition) is 2. The van der Waals surface area contributed by atoms with Gasteiger partial charge in [-0.15, -0.1) is 0 Å². The van der Waals surface area contributed by atoms with Gasteiger partial charge in [-0.2, -0.15) is 0 Å². The lowest BCUT2D eigenvalue weighted by Crippen LogP contribution is -2.43. The van der Waals surface area contributed by atoms with E-state index >= 15 is 0 Å². The quantitative estimate of drug-likeness (QED) is 0.330. The second-order valence-corrected chi connectivity index (χ2v) is 11.6. The van der Waals surface area contributed by atoms with Crippen molar-refractivity contribution in [3.05, 3.63) is 87.7 Å². The van der Waals surface area contributed by atoms with Crippen molar-refractivity contribution in [1.29, 1.82) is 0 Å². The zero-order chi connectivity index (χ0) is 27.0. The molecule has 0 fully saturated rings. The maximum Gasteiger partial charge on any atom is 0.0529 e. The minimum absolute atomic E-state index is 0.0547. The Kier molecular flexibility index (Phi) is 11.0. The van der Waals surface area contributed by atoms with Gasteiger partial charge < -0.3 is 10.2 Å². The molecule has 1 aromatic rings. The lowest BCUT2D eigenvalue weighted by molar-refractivity contribution is 0.190. The molecule has 0 spiro atoms. The standard InChI is InChI=1S/C34H52N2/c1-12-13-14-32(35-11)20-25(4)21-33(31-16-15-27(6)28(7)22-31)29(8)30-17-18-34(9,10)36(24(2)3)23-26(5)19-30/h15-19,21-24,32,35H,12-14,20H2,1-11H3/b18-17?,25-21+,26-23+,30-19+,33-29-. The summed E-state index contributed by atoms with van der Waals surface area (Å²) in [5.74, 6) is 0. The summed E-state index contributed by atoms with van der Waals surface area (Å²) in [5.41, 5.74) is 10.6. The van der Waals surface area contributed by atoms with Crippen LogP contribution in [0.1, 0.15) is 97.8 Å². The highest BCUT2D eigenvalue weighted by Gasteiger charge is 2.25. The van der Waals surface area contributed by atoms with Gasteiger partial charge in [-0.05, 0) is 121 Å². The first kappa shape index (κ1) is 29.9. The summed E-state index contributed by atoms with van der Waals surface area (Å²) >= 11 is 0. The topological polar surface area (TPSA) is 15.3 Å². The molecule has 1 aliphatic rings. The summed E-state index contributed by atoms with van der Waals surface area (Å²) in [7, 11) is 2.10. The molecule has 1 unspecified atom stereocenters. The monoisotopic (exact) mass is 488 g/mol. The summed E-state index contributed by atoms with van der Waals surface area (Å²) in [5, 5.41) is 3.54. The number of nitrogens with one attached hydrogen (secondary N) is 1. The van der Waals surface area contributed by atoms with Crippen LogP contribution in [0.2, 0.25) is 0 Å². The highest BCUT2D eigenvalue weighted by molar-refractivity contribution is 5.81. The first-order valence-corrected chi connectivity index (χ1v) is 13.9. The molecule has 0 saturated carbocycles. The van der Waals surface area contributed by atoms with Gasteiger partial charge in [0.2, 0.25) is 0 Å². The van der Waals surface area contributed by atoms with E-state index in [1.807, 2.05) is 0 Å². The van der Waals surface area contributed by atoms with Crippen molar-refractivity contribution in [2.24, 2.45) is 0 Å². The van der Waals surface area contributed by atoms with Gasteiger partial charge in [-0.25, -0.2) is 0 Å². The fraction of sp³-hybridized carbons (Fsp3) is 0.529. The highest BCUT2D eigenvalue weighted by atomic mass is 15.2. The summed E-state index contributed by atoms with van der Waals surface area (Å²) in [6.45, 7) is 22.6. The van der Waals surface area contributed by atoms with E-state index < -0.39 is 0 Å². The van der Waals surface area contributed by atoms with Crippen LogP contribution in [-0.2, 0) is 0 Å². The zero-order valence-electron chi connectivity index (χ0n) is 25.0. The molecule has 2 rings (SSSR count). The number of nitrogens with zero attached hydrogens (tertiary/aromatic N) is 1. The third kappa shape index (κ3) is 8.10. The van der Waals surface area contributed by atoms with Crippen LogP contribution in [0.5, 0.6) is 0 Å². The predicted molar refractivity (Wildman–Crippen MR) is 161 cm³/mol. The molecule has 1 aliphatic heterocycles. The highest BCUT2D eigenvalue weighted by Crippen LogP contribution is 2.32. The average molecular weight is 489 g/mol. The maximum atomic E-state index is 3.54. The van der Waals surface area contributed by atoms with Crippen LogP contribution in [-0.4, -0.2) is 29.6 Å². The van der Waals surface area contributed by atoms with Gasteiger partial charge >= 0.3 is 0 Å². The molecule has 0 bridgehead atoms. The molecule has 2 nitrogen and oxygen atoms in total. The summed E-state index contributed by atoms with van der Waals surface area (Å²) in [4.78, 5) is 2.45. The average Bonchev–Trinajstić information content (AvgIpc) is 2.81. The van der Waals surface area contributed by atoms with E-state index in [0.717, 1.165) is 6.42 Å². The molecule has 1 heterocycles. The van der Waals surface area contributed by atoms with Crippen molar-refractivity contribution in [1.82, 2.24) is 10.2 Å². The van der Waals surface area contributed by atoms with Gasteiger partial charge in [0.05, 0.1) is 5.54 Å². The van der Waals surface area contributed by atoms with Gasteiger partial charge in [0.25, 0.3) is 0 Å². The fourth-order valence-electron chi connectivity index (χ4n) is 5.11. The normalized spacial score (nSPS) is 20.8. The van der Waals surface area contributed by atoms with Crippen molar-refractivity contribution < 1.29 is 0 Å². The predicted octanol–water partition coefficient (Wildman–Crippen LogP) is 9.08. The molecule has 1 aromatic carbocycles. The second-order valence-electron chi connectivity index (χ2n) is 11.6. The number of hydrogen-bond donors (Lipinski definition) is 1. The van der Waals surface area contributed by atoms with Crippen molar-refractivity contribution in [2.45, 2.75) is 113 Å². The Morgan fingerprint density at radius 2 is 1.78 bits per heavy atom. The molecule has 0 aliphatic carbocycles. The van der Waals surface area contributed by atoms with E-state index in [4.69, 9.17) is 0 Å². The smallest absolute Gasteiger partial charge is 0.0529 e. The molecule has 2 heteroatoms. The Bertz CT molecular complexity index is 1040. The molecular weight excluding hydrogens is 436 g/mol. The Balaban J connectivity index is 2.65. The minimum Gasteiger partial charge on any atom is -0.366 e. The molecule has 0 saturated heterocycles. The Labute approximate surface area is 223 Å². The first-order valence-electron chi connectivity index (χ1n) is 13.9. The van der Waals surface area contributed by atoms with E-state index in [0.29, 0.717) is 12.1 Å². The van der Waals surface area contributed by atoms with E-state index in [-0.39, 0.29) is 5.54 Å². The van der Waals surface area contributed by atoms with Crippen LogP contribution in [0.4, 0.5) is 0 Å². The van der Waals surface area contributed by atoms with Crippen LogP contribution >= 0.6 is 0 Å². The molecule has 1 atom stereocenters. The lowest BCUT2D eigenvalue weighted by atomic mass is 9.88. The van der Waals surface area contributed by atoms with E-state index in [1.165, 1.54) is 63.8 Å². The molecule has 0 radical (unpaired) electrons.